The second kappa shape index (κ2) is 9.07. The number of amides is 2. The van der Waals surface area contributed by atoms with Crippen LogP contribution < -0.4 is 16.0 Å². The number of rotatable bonds is 5. The van der Waals surface area contributed by atoms with Gasteiger partial charge in [0.15, 0.2) is 11.2 Å². The number of aliphatic imine (C=N–C) groups is 1. The number of amidine groups is 1. The average Bonchev–Trinajstić information content (AvgIpc) is 3.22. The normalized spacial score (nSPS) is 23.4. The summed E-state index contributed by atoms with van der Waals surface area (Å²) in [5.74, 6) is -0.788. The molecule has 9 heteroatoms. The van der Waals surface area contributed by atoms with E-state index in [-0.39, 0.29) is 23.0 Å². The van der Waals surface area contributed by atoms with Crippen LogP contribution in [0.3, 0.4) is 0 Å². The molecule has 2 amide bonds. The highest BCUT2D eigenvalue weighted by atomic mass is 32.2. The SMILES string of the molecule is C[C@H](C(=O)NCc1ccccc1)N(C)C1=NC2C(=O)NC(c3ccccc3F)NC2S1. The first-order chi connectivity index (χ1) is 14.9. The van der Waals surface area contributed by atoms with Gasteiger partial charge in [0.25, 0.3) is 0 Å². The summed E-state index contributed by atoms with van der Waals surface area (Å²) in [6.07, 6.45) is -0.631. The van der Waals surface area contributed by atoms with E-state index in [9.17, 15) is 14.0 Å². The molecule has 0 aromatic heterocycles. The molecule has 3 N–H and O–H groups in total. The molecule has 3 unspecified atom stereocenters. The van der Waals surface area contributed by atoms with Gasteiger partial charge in [0.05, 0.1) is 5.37 Å². The summed E-state index contributed by atoms with van der Waals surface area (Å²) >= 11 is 1.37. The third kappa shape index (κ3) is 4.57. The summed E-state index contributed by atoms with van der Waals surface area (Å²) in [7, 11) is 1.78. The van der Waals surface area contributed by atoms with Crippen LogP contribution in [-0.2, 0) is 16.1 Å². The summed E-state index contributed by atoms with van der Waals surface area (Å²) in [5.41, 5.74) is 1.40. The number of carbonyl (C=O) groups is 2. The van der Waals surface area contributed by atoms with Gasteiger partial charge in [0.2, 0.25) is 11.8 Å². The van der Waals surface area contributed by atoms with Crippen LogP contribution in [0.25, 0.3) is 0 Å². The van der Waals surface area contributed by atoms with Gasteiger partial charge in [-0.3, -0.25) is 14.9 Å². The zero-order chi connectivity index (χ0) is 22.0. The molecular formula is C22H24FN5O2S. The third-order valence-electron chi connectivity index (χ3n) is 5.44. The molecule has 0 aliphatic carbocycles. The molecule has 2 aliphatic rings. The van der Waals surface area contributed by atoms with Gasteiger partial charge in [0, 0.05) is 19.2 Å². The topological polar surface area (TPSA) is 85.8 Å². The molecule has 2 aromatic carbocycles. The maximum absolute atomic E-state index is 14.2. The van der Waals surface area contributed by atoms with Gasteiger partial charge < -0.3 is 15.5 Å². The fraction of sp³-hybridized carbons (Fsp3) is 0.318. The maximum Gasteiger partial charge on any atom is 0.248 e. The van der Waals surface area contributed by atoms with Crippen molar-refractivity contribution in [2.24, 2.45) is 4.99 Å². The molecule has 4 atom stereocenters. The standard InChI is InChI=1S/C22H24FN5O2S/c1-13(19(29)24-12-14-8-4-3-5-9-14)28(2)22-25-17-20(30)26-18(27-21(17)31-22)15-10-6-7-11-16(15)23/h3-11,13,17-18,21,27H,12H2,1-2H3,(H,24,29)(H,26,30)/t13-,17?,18?,21?/m1/s1. The maximum atomic E-state index is 14.2. The second-order valence-corrected chi connectivity index (χ2v) is 8.62. The summed E-state index contributed by atoms with van der Waals surface area (Å²) < 4.78 is 14.2. The minimum Gasteiger partial charge on any atom is -0.350 e. The van der Waals surface area contributed by atoms with Crippen LogP contribution in [0.5, 0.6) is 0 Å². The van der Waals surface area contributed by atoms with Crippen molar-refractivity contribution in [2.75, 3.05) is 7.05 Å². The quantitative estimate of drug-likeness (QED) is 0.661. The van der Waals surface area contributed by atoms with E-state index in [1.54, 1.807) is 37.1 Å². The highest BCUT2D eigenvalue weighted by Gasteiger charge is 2.43. The molecule has 1 fully saturated rings. The number of nitrogens with one attached hydrogen (secondary N) is 3. The lowest BCUT2D eigenvalue weighted by Crippen LogP contribution is -2.56. The first-order valence-corrected chi connectivity index (χ1v) is 10.9. The number of halogens is 1. The molecule has 4 rings (SSSR count). The van der Waals surface area contributed by atoms with Crippen LogP contribution in [0.2, 0.25) is 0 Å². The Hall–Kier alpha value is -2.91. The van der Waals surface area contributed by atoms with E-state index in [2.05, 4.69) is 20.9 Å². The molecule has 1 saturated heterocycles. The van der Waals surface area contributed by atoms with Gasteiger partial charge in [-0.1, -0.05) is 60.3 Å². The smallest absolute Gasteiger partial charge is 0.248 e. The number of likely N-dealkylation sites (N-methyl/N-ethyl adjacent to an activating group) is 1. The van der Waals surface area contributed by atoms with Crippen molar-refractivity contribution in [1.29, 1.82) is 0 Å². The van der Waals surface area contributed by atoms with Crippen molar-refractivity contribution in [3.63, 3.8) is 0 Å². The summed E-state index contributed by atoms with van der Waals surface area (Å²) in [5, 5.41) is 9.22. The number of hydrogen-bond donors (Lipinski definition) is 3. The van der Waals surface area contributed by atoms with Crippen LogP contribution in [0.1, 0.15) is 24.2 Å². The van der Waals surface area contributed by atoms with Gasteiger partial charge in [0.1, 0.15) is 18.0 Å². The monoisotopic (exact) mass is 441 g/mol. The largest absolute Gasteiger partial charge is 0.350 e. The van der Waals surface area contributed by atoms with E-state index in [1.165, 1.54) is 17.8 Å². The zero-order valence-electron chi connectivity index (χ0n) is 17.2. The number of thioether (sulfide) groups is 1. The van der Waals surface area contributed by atoms with E-state index in [1.807, 2.05) is 30.3 Å². The molecule has 2 aromatic rings. The van der Waals surface area contributed by atoms with Crippen molar-refractivity contribution in [3.8, 4) is 0 Å². The lowest BCUT2D eigenvalue weighted by molar-refractivity contribution is -0.125. The molecule has 31 heavy (non-hydrogen) atoms. The molecule has 162 valence electrons. The lowest BCUT2D eigenvalue weighted by Gasteiger charge is -2.32. The Balaban J connectivity index is 1.38. The van der Waals surface area contributed by atoms with Crippen LogP contribution >= 0.6 is 11.8 Å². The summed E-state index contributed by atoms with van der Waals surface area (Å²) in [4.78, 5) is 31.5. The molecule has 2 heterocycles. The fourth-order valence-electron chi connectivity index (χ4n) is 3.48. The molecule has 0 bridgehead atoms. The predicted octanol–water partition coefficient (Wildman–Crippen LogP) is 1.98. The Morgan fingerprint density at radius 3 is 2.68 bits per heavy atom. The van der Waals surface area contributed by atoms with Crippen LogP contribution in [0.15, 0.2) is 59.6 Å². The van der Waals surface area contributed by atoms with Crippen LogP contribution in [0, 0.1) is 5.82 Å². The Morgan fingerprint density at radius 1 is 1.23 bits per heavy atom. The molecular weight excluding hydrogens is 417 g/mol. The highest BCUT2D eigenvalue weighted by Crippen LogP contribution is 2.32. The molecule has 2 aliphatic heterocycles. The van der Waals surface area contributed by atoms with E-state index in [4.69, 9.17) is 0 Å². The zero-order valence-corrected chi connectivity index (χ0v) is 18.0. The number of carbonyl (C=O) groups excluding carboxylic acids is 2. The van der Waals surface area contributed by atoms with Gasteiger partial charge in [-0.2, -0.15) is 0 Å². The Kier molecular flexibility index (Phi) is 6.24. The van der Waals surface area contributed by atoms with Crippen molar-refractivity contribution in [3.05, 3.63) is 71.5 Å². The van der Waals surface area contributed by atoms with E-state index in [0.29, 0.717) is 17.3 Å². The Labute approximate surface area is 184 Å². The summed E-state index contributed by atoms with van der Waals surface area (Å²) in [6.45, 7) is 2.23. The average molecular weight is 442 g/mol. The van der Waals surface area contributed by atoms with Crippen molar-refractivity contribution >= 4 is 28.7 Å². The first-order valence-electron chi connectivity index (χ1n) is 10.0. The number of hydrogen-bond acceptors (Lipinski definition) is 6. The highest BCUT2D eigenvalue weighted by molar-refractivity contribution is 8.14. The minimum absolute atomic E-state index is 0.133. The minimum atomic E-state index is -0.634. The van der Waals surface area contributed by atoms with Crippen molar-refractivity contribution in [2.45, 2.75) is 37.1 Å². The first kappa shape index (κ1) is 21.3. The number of fused-ring (bicyclic) bond motifs is 1. The number of benzene rings is 2. The second-order valence-electron chi connectivity index (χ2n) is 7.52. The molecule has 0 spiro atoms. The van der Waals surface area contributed by atoms with E-state index in [0.717, 1.165) is 5.56 Å². The fourth-order valence-corrected chi connectivity index (χ4v) is 4.72. The summed E-state index contributed by atoms with van der Waals surface area (Å²) in [6, 6.07) is 14.9. The van der Waals surface area contributed by atoms with Gasteiger partial charge in [-0.25, -0.2) is 9.38 Å². The molecule has 0 saturated carbocycles. The van der Waals surface area contributed by atoms with Crippen LogP contribution in [-0.4, -0.2) is 46.4 Å². The van der Waals surface area contributed by atoms with Gasteiger partial charge in [-0.15, -0.1) is 0 Å². The van der Waals surface area contributed by atoms with E-state index >= 15 is 0 Å². The van der Waals surface area contributed by atoms with E-state index < -0.39 is 18.2 Å². The van der Waals surface area contributed by atoms with Gasteiger partial charge >= 0.3 is 0 Å². The van der Waals surface area contributed by atoms with Crippen LogP contribution in [0.4, 0.5) is 4.39 Å². The molecule has 7 nitrogen and oxygen atoms in total. The third-order valence-corrected chi connectivity index (χ3v) is 6.69. The van der Waals surface area contributed by atoms with Crippen molar-refractivity contribution in [1.82, 2.24) is 20.9 Å². The lowest BCUT2D eigenvalue weighted by atomic mass is 10.1. The number of nitrogens with zero attached hydrogens (tertiary/aromatic N) is 2. The molecule has 0 radical (unpaired) electrons. The van der Waals surface area contributed by atoms with Crippen molar-refractivity contribution < 1.29 is 14.0 Å². The van der Waals surface area contributed by atoms with Gasteiger partial charge in [-0.05, 0) is 18.6 Å². The predicted molar refractivity (Wildman–Crippen MR) is 119 cm³/mol. The Morgan fingerprint density at radius 2 is 1.94 bits per heavy atom. The Bertz CT molecular complexity index is 1000.